The van der Waals surface area contributed by atoms with E-state index in [0.29, 0.717) is 40.2 Å². The Kier molecular flexibility index (Phi) is 14.2. The number of ether oxygens (including phenoxy) is 2. The number of hydrogen-bond acceptors (Lipinski definition) is 6. The molecule has 0 aromatic heterocycles. The summed E-state index contributed by atoms with van der Waals surface area (Å²) in [6, 6.07) is 25.8. The molecular formula is C38H40N2O4. The van der Waals surface area contributed by atoms with E-state index in [1.807, 2.05) is 49.4 Å². The minimum atomic E-state index is -0.408. The lowest BCUT2D eigenvalue weighted by molar-refractivity contribution is 0.0625. The van der Waals surface area contributed by atoms with Crippen LogP contribution in [0.3, 0.4) is 0 Å². The number of unbranched alkanes of at least 4 members (excludes halogenated alkanes) is 6. The first-order valence-corrected chi connectivity index (χ1v) is 15.3. The third-order valence-electron chi connectivity index (χ3n) is 7.30. The van der Waals surface area contributed by atoms with Crippen LogP contribution < -0.4 is 4.74 Å². The van der Waals surface area contributed by atoms with Gasteiger partial charge in [0.15, 0.2) is 0 Å². The van der Waals surface area contributed by atoms with E-state index in [-0.39, 0.29) is 0 Å². The number of esters is 2. The van der Waals surface area contributed by atoms with E-state index in [9.17, 15) is 9.59 Å². The molecule has 44 heavy (non-hydrogen) atoms. The second-order valence-corrected chi connectivity index (χ2v) is 10.7. The van der Waals surface area contributed by atoms with Gasteiger partial charge < -0.3 is 9.47 Å². The van der Waals surface area contributed by atoms with Gasteiger partial charge in [-0.25, -0.2) is 9.59 Å². The van der Waals surface area contributed by atoms with Crippen molar-refractivity contribution in [2.24, 2.45) is 0 Å². The molecule has 0 aliphatic heterocycles. The van der Waals surface area contributed by atoms with Gasteiger partial charge in [0.2, 0.25) is 0 Å². The van der Waals surface area contributed by atoms with E-state index < -0.39 is 11.9 Å². The molecule has 3 aromatic rings. The maximum absolute atomic E-state index is 12.4. The zero-order valence-corrected chi connectivity index (χ0v) is 25.7. The molecule has 0 saturated heterocycles. The highest BCUT2D eigenvalue weighted by Gasteiger charge is 2.10. The van der Waals surface area contributed by atoms with Crippen molar-refractivity contribution in [2.75, 3.05) is 0 Å². The van der Waals surface area contributed by atoms with E-state index in [0.717, 1.165) is 25.7 Å². The molecule has 6 nitrogen and oxygen atoms in total. The van der Waals surface area contributed by atoms with E-state index in [2.05, 4.69) is 6.07 Å². The smallest absolute Gasteiger partial charge is 0.343 e. The Morgan fingerprint density at radius 2 is 1.18 bits per heavy atom. The fraction of sp³-hybridized carbons (Fsp3) is 0.316. The molecule has 0 bridgehead atoms. The number of aryl methyl sites for hydroxylation is 2. The lowest BCUT2D eigenvalue weighted by Gasteiger charge is -2.07. The molecule has 3 aromatic carbocycles. The summed E-state index contributed by atoms with van der Waals surface area (Å²) >= 11 is 0. The Labute approximate surface area is 261 Å². The van der Waals surface area contributed by atoms with E-state index in [4.69, 9.17) is 20.0 Å². The summed E-state index contributed by atoms with van der Waals surface area (Å²) in [6.07, 6.45) is 14.2. The van der Waals surface area contributed by atoms with Crippen molar-refractivity contribution in [2.45, 2.75) is 78.1 Å². The summed E-state index contributed by atoms with van der Waals surface area (Å²) in [4.78, 5) is 24.7. The van der Waals surface area contributed by atoms with Crippen molar-refractivity contribution in [3.05, 3.63) is 124 Å². The number of carbonyl (C=O) groups is 2. The molecule has 0 fully saturated rings. The van der Waals surface area contributed by atoms with Crippen LogP contribution in [-0.4, -0.2) is 11.9 Å². The number of allylic oxidation sites excluding steroid dienone is 4. The van der Waals surface area contributed by atoms with Crippen molar-refractivity contribution >= 4 is 11.9 Å². The number of rotatable bonds is 16. The van der Waals surface area contributed by atoms with Gasteiger partial charge in [0.1, 0.15) is 11.5 Å². The molecule has 0 saturated carbocycles. The topological polar surface area (TPSA) is 100 Å². The summed E-state index contributed by atoms with van der Waals surface area (Å²) in [5.41, 5.74) is 4.60. The summed E-state index contributed by atoms with van der Waals surface area (Å²) in [7, 11) is 0. The molecule has 0 amide bonds. The monoisotopic (exact) mass is 588 g/mol. The summed E-state index contributed by atoms with van der Waals surface area (Å²) in [5.74, 6) is 0.0699. The third kappa shape index (κ3) is 11.7. The highest BCUT2D eigenvalue weighted by Crippen LogP contribution is 2.17. The zero-order valence-electron chi connectivity index (χ0n) is 25.7. The fourth-order valence-electron chi connectivity index (χ4n) is 4.61. The largest absolute Gasteiger partial charge is 0.428 e. The zero-order chi connectivity index (χ0) is 31.6. The maximum atomic E-state index is 12.4. The number of hydrogen-bond donors (Lipinski definition) is 0. The van der Waals surface area contributed by atoms with E-state index in [1.165, 1.54) is 43.2 Å². The standard InChI is InChI=1S/C38H40N2O4/c1-3-30(27-39)14-13-29(2)43-37(41)34-21-15-31(16-22-34)11-9-7-5-4-6-8-10-12-32-17-23-35(24-18-32)38(42)44-36-25-19-33(28-40)20-26-36/h13-26H,3-12H2,1-2H3/b29-13+,30-14+. The molecular weight excluding hydrogens is 548 g/mol. The highest BCUT2D eigenvalue weighted by atomic mass is 16.5. The quantitative estimate of drug-likeness (QED) is 0.0413. The normalized spacial score (nSPS) is 11.4. The van der Waals surface area contributed by atoms with Crippen LogP contribution in [0.4, 0.5) is 0 Å². The van der Waals surface area contributed by atoms with E-state index >= 15 is 0 Å². The highest BCUT2D eigenvalue weighted by molar-refractivity contribution is 5.91. The van der Waals surface area contributed by atoms with Crippen LogP contribution in [-0.2, 0) is 17.6 Å². The van der Waals surface area contributed by atoms with Crippen molar-refractivity contribution in [3.63, 3.8) is 0 Å². The van der Waals surface area contributed by atoms with Crippen molar-refractivity contribution in [1.29, 1.82) is 10.5 Å². The average Bonchev–Trinajstić information content (AvgIpc) is 3.05. The Hall–Kier alpha value is -4.94. The van der Waals surface area contributed by atoms with Gasteiger partial charge in [-0.05, 0) is 111 Å². The van der Waals surface area contributed by atoms with Crippen LogP contribution in [0.2, 0.25) is 0 Å². The minimum Gasteiger partial charge on any atom is -0.428 e. The lowest BCUT2D eigenvalue weighted by Crippen LogP contribution is -2.08. The molecule has 3 rings (SSSR count). The molecule has 6 heteroatoms. The van der Waals surface area contributed by atoms with Crippen molar-refractivity contribution in [3.8, 4) is 17.9 Å². The molecule has 226 valence electrons. The second-order valence-electron chi connectivity index (χ2n) is 10.7. The van der Waals surface area contributed by atoms with Gasteiger partial charge in [0.25, 0.3) is 0 Å². The molecule has 0 radical (unpaired) electrons. The molecule has 0 aliphatic carbocycles. The number of benzene rings is 3. The lowest BCUT2D eigenvalue weighted by atomic mass is 10.0. The first-order chi connectivity index (χ1) is 21.4. The third-order valence-corrected chi connectivity index (χ3v) is 7.30. The van der Waals surface area contributed by atoms with E-state index in [1.54, 1.807) is 55.5 Å². The van der Waals surface area contributed by atoms with Gasteiger partial charge in [-0.15, -0.1) is 0 Å². The molecule has 0 spiro atoms. The minimum absolute atomic E-state index is 0.397. The molecule has 0 heterocycles. The van der Waals surface area contributed by atoms with Gasteiger partial charge in [0.05, 0.1) is 28.8 Å². The first kappa shape index (κ1) is 33.6. The second kappa shape index (κ2) is 18.6. The molecule has 0 unspecified atom stereocenters. The van der Waals surface area contributed by atoms with Crippen LogP contribution in [0.25, 0.3) is 0 Å². The molecule has 0 aliphatic rings. The Morgan fingerprint density at radius 1 is 0.682 bits per heavy atom. The Morgan fingerprint density at radius 3 is 1.66 bits per heavy atom. The van der Waals surface area contributed by atoms with Crippen LogP contribution in [0.1, 0.15) is 103 Å². The Balaban J connectivity index is 1.25. The SMILES string of the molecule is CC/C(C#N)=C\C=C(/C)OC(=O)c1ccc(CCCCCCCCCc2ccc(C(=O)Oc3ccc(C#N)cc3)cc2)cc1. The number of nitrogens with zero attached hydrogens (tertiary/aromatic N) is 2. The first-order valence-electron chi connectivity index (χ1n) is 15.3. The average molecular weight is 589 g/mol. The summed E-state index contributed by atoms with van der Waals surface area (Å²) in [5, 5.41) is 17.9. The van der Waals surface area contributed by atoms with Crippen LogP contribution in [0, 0.1) is 22.7 Å². The Bertz CT molecular complexity index is 1500. The predicted octanol–water partition coefficient (Wildman–Crippen LogP) is 9.21. The number of carbonyl (C=O) groups excluding carboxylic acids is 2. The predicted molar refractivity (Wildman–Crippen MR) is 172 cm³/mol. The summed E-state index contributed by atoms with van der Waals surface area (Å²) in [6.45, 7) is 3.61. The molecule has 0 atom stereocenters. The van der Waals surface area contributed by atoms with Gasteiger partial charge in [0, 0.05) is 5.57 Å². The fourth-order valence-corrected chi connectivity index (χ4v) is 4.61. The summed E-state index contributed by atoms with van der Waals surface area (Å²) < 4.78 is 10.8. The van der Waals surface area contributed by atoms with Crippen LogP contribution in [0.5, 0.6) is 5.75 Å². The number of nitriles is 2. The van der Waals surface area contributed by atoms with Crippen LogP contribution in [0.15, 0.2) is 96.3 Å². The van der Waals surface area contributed by atoms with Gasteiger partial charge >= 0.3 is 11.9 Å². The van der Waals surface area contributed by atoms with Crippen molar-refractivity contribution < 1.29 is 19.1 Å². The van der Waals surface area contributed by atoms with Crippen LogP contribution >= 0.6 is 0 Å². The molecule has 0 N–H and O–H groups in total. The van der Waals surface area contributed by atoms with Gasteiger partial charge in [-0.3, -0.25) is 0 Å². The van der Waals surface area contributed by atoms with Crippen molar-refractivity contribution in [1.82, 2.24) is 0 Å². The van der Waals surface area contributed by atoms with Gasteiger partial charge in [-0.2, -0.15) is 10.5 Å². The maximum Gasteiger partial charge on any atom is 0.343 e. The van der Waals surface area contributed by atoms with Gasteiger partial charge in [-0.1, -0.05) is 63.3 Å².